The summed E-state index contributed by atoms with van der Waals surface area (Å²) in [4.78, 5) is 34.6. The highest BCUT2D eigenvalue weighted by atomic mass is 79.9. The Morgan fingerprint density at radius 2 is 0.985 bits per heavy atom. The fraction of sp³-hybridized carbons (Fsp3) is 0.434. The van der Waals surface area contributed by atoms with Gasteiger partial charge in [-0.05, 0) is 112 Å². The maximum atomic E-state index is 12.6. The summed E-state index contributed by atoms with van der Waals surface area (Å²) in [7, 11) is 0. The molecular formula is C53H62Br2N6O6. The van der Waals surface area contributed by atoms with Gasteiger partial charge < -0.3 is 39.4 Å². The quantitative estimate of drug-likeness (QED) is 0.107. The number of fused-ring (bicyclic) bond motifs is 4. The van der Waals surface area contributed by atoms with Crippen molar-refractivity contribution in [2.45, 2.75) is 56.4 Å². The molecule has 9 rings (SSSR count). The molecule has 14 heteroatoms. The Hall–Kier alpha value is -4.70. The van der Waals surface area contributed by atoms with Gasteiger partial charge in [-0.2, -0.15) is 0 Å². The van der Waals surface area contributed by atoms with E-state index in [-0.39, 0.29) is 29.1 Å². The molecule has 0 aromatic heterocycles. The van der Waals surface area contributed by atoms with Crippen molar-refractivity contribution in [3.63, 3.8) is 0 Å². The van der Waals surface area contributed by atoms with Crippen LogP contribution in [0.3, 0.4) is 0 Å². The Labute approximate surface area is 411 Å². The molecule has 12 nitrogen and oxygen atoms in total. The SMILES string of the molecule is CC1(C)c2ccccc2N(CCOCCN2CCNC(=O)CC(=O)NCCN(CCOCCN3c4ccccc4C(C)(C)C34C=Cc3cc(Br)ccc3O4)CC2)C12C=Cc1cc(Br)ccc1O2. The highest BCUT2D eigenvalue weighted by molar-refractivity contribution is 9.10. The van der Waals surface area contributed by atoms with Crippen molar-refractivity contribution >= 4 is 67.2 Å². The number of hydrogen-bond donors (Lipinski definition) is 2. The summed E-state index contributed by atoms with van der Waals surface area (Å²) in [5.74, 6) is 1.17. The Morgan fingerprint density at radius 3 is 1.43 bits per heavy atom. The van der Waals surface area contributed by atoms with Gasteiger partial charge in [-0.25, -0.2) is 0 Å². The number of para-hydroxylation sites is 2. The molecule has 2 amide bonds. The number of halogens is 2. The standard InChI is InChI=1S/C53H62Br2N6O6/c1-50(2)42-9-5-7-11-44(42)60(52(50)19-17-38-35-40(54)13-15-46(38)66-52)29-33-64-31-27-58-23-21-56-48(62)37-49(63)57-22-24-59(26-25-58)28-32-65-34-30-61-45-12-8-6-10-43(45)51(3,4)53(61)20-18-39-36-41(55)14-16-47(39)67-53/h5-20,35-36H,21-34,37H2,1-4H3,(H,56,62)(H,57,63). The first-order valence-electron chi connectivity index (χ1n) is 23.5. The van der Waals surface area contributed by atoms with Gasteiger partial charge in [0.05, 0.1) is 37.3 Å². The van der Waals surface area contributed by atoms with Gasteiger partial charge in [-0.3, -0.25) is 19.4 Å². The molecule has 0 bridgehead atoms. The summed E-state index contributed by atoms with van der Waals surface area (Å²) >= 11 is 7.22. The van der Waals surface area contributed by atoms with Crippen LogP contribution < -0.4 is 29.9 Å². The largest absolute Gasteiger partial charge is 0.463 e. The predicted octanol–water partition coefficient (Wildman–Crippen LogP) is 7.98. The van der Waals surface area contributed by atoms with Crippen molar-refractivity contribution in [3.8, 4) is 11.5 Å². The summed E-state index contributed by atoms with van der Waals surface area (Å²) in [6, 6.07) is 29.4. The van der Waals surface area contributed by atoms with E-state index >= 15 is 0 Å². The molecule has 4 aromatic rings. The van der Waals surface area contributed by atoms with E-state index in [1.807, 2.05) is 24.3 Å². The number of nitrogens with one attached hydrogen (secondary N) is 2. The van der Waals surface area contributed by atoms with Crippen LogP contribution in [0.5, 0.6) is 11.5 Å². The Morgan fingerprint density at radius 1 is 0.567 bits per heavy atom. The van der Waals surface area contributed by atoms with Crippen LogP contribution in [-0.2, 0) is 29.9 Å². The lowest BCUT2D eigenvalue weighted by molar-refractivity contribution is -0.129. The Balaban J connectivity index is 0.808. The zero-order valence-electron chi connectivity index (χ0n) is 39.0. The van der Waals surface area contributed by atoms with Gasteiger partial charge >= 0.3 is 0 Å². The van der Waals surface area contributed by atoms with Crippen molar-refractivity contribution in [2.75, 3.05) is 102 Å². The van der Waals surface area contributed by atoms with Crippen LogP contribution in [0.4, 0.5) is 11.4 Å². The lowest BCUT2D eigenvalue weighted by Gasteiger charge is -2.47. The Kier molecular flexibility index (Phi) is 13.9. The summed E-state index contributed by atoms with van der Waals surface area (Å²) in [6.07, 6.45) is 8.58. The van der Waals surface area contributed by atoms with Crippen LogP contribution in [0, 0.1) is 0 Å². The fourth-order valence-electron chi connectivity index (χ4n) is 10.6. The third kappa shape index (κ3) is 9.29. The number of rotatable bonds is 12. The van der Waals surface area contributed by atoms with E-state index in [0.29, 0.717) is 78.8 Å². The lowest BCUT2D eigenvalue weighted by Crippen LogP contribution is -2.60. The second-order valence-electron chi connectivity index (χ2n) is 19.0. The molecule has 5 aliphatic rings. The average Bonchev–Trinajstić information content (AvgIpc) is 3.60. The molecule has 2 spiro atoms. The normalized spacial score (nSPS) is 23.3. The Bertz CT molecular complexity index is 2360. The monoisotopic (exact) mass is 1040 g/mol. The molecule has 354 valence electrons. The van der Waals surface area contributed by atoms with Crippen molar-refractivity contribution in [1.29, 1.82) is 0 Å². The minimum Gasteiger partial charge on any atom is -0.463 e. The van der Waals surface area contributed by atoms with Gasteiger partial charge in [0.1, 0.15) is 17.9 Å². The number of benzene rings is 4. The average molecular weight is 1040 g/mol. The predicted molar refractivity (Wildman–Crippen MR) is 272 cm³/mol. The van der Waals surface area contributed by atoms with E-state index in [4.69, 9.17) is 18.9 Å². The van der Waals surface area contributed by atoms with Crippen LogP contribution in [0.25, 0.3) is 12.2 Å². The van der Waals surface area contributed by atoms with Gasteiger partial charge in [0.2, 0.25) is 23.3 Å². The first-order valence-corrected chi connectivity index (χ1v) is 25.1. The second-order valence-corrected chi connectivity index (χ2v) is 20.8. The molecule has 2 atom stereocenters. The number of nitrogens with zero attached hydrogens (tertiary/aromatic N) is 4. The molecule has 0 aliphatic carbocycles. The zero-order valence-corrected chi connectivity index (χ0v) is 42.2. The van der Waals surface area contributed by atoms with E-state index in [2.05, 4.69) is 175 Å². The van der Waals surface area contributed by atoms with Crippen LogP contribution in [0.1, 0.15) is 56.4 Å². The summed E-state index contributed by atoms with van der Waals surface area (Å²) < 4.78 is 28.9. The molecule has 1 saturated heterocycles. The summed E-state index contributed by atoms with van der Waals surface area (Å²) in [6.45, 7) is 17.4. The smallest absolute Gasteiger partial charge is 0.229 e. The maximum absolute atomic E-state index is 12.6. The van der Waals surface area contributed by atoms with E-state index < -0.39 is 11.4 Å². The topological polar surface area (TPSA) is 108 Å². The first-order chi connectivity index (χ1) is 32.3. The number of carbonyl (C=O) groups is 2. The highest BCUT2D eigenvalue weighted by Gasteiger charge is 2.60. The highest BCUT2D eigenvalue weighted by Crippen LogP contribution is 2.56. The van der Waals surface area contributed by atoms with E-state index in [0.717, 1.165) is 56.0 Å². The van der Waals surface area contributed by atoms with E-state index in [1.54, 1.807) is 0 Å². The van der Waals surface area contributed by atoms with Gasteiger partial charge in [0.25, 0.3) is 0 Å². The number of hydrogen-bond acceptors (Lipinski definition) is 10. The summed E-state index contributed by atoms with van der Waals surface area (Å²) in [5, 5.41) is 5.88. The third-order valence-electron chi connectivity index (χ3n) is 14.4. The molecule has 5 heterocycles. The van der Waals surface area contributed by atoms with Crippen molar-refractivity contribution < 1.29 is 28.5 Å². The lowest BCUT2D eigenvalue weighted by atomic mass is 9.76. The molecule has 67 heavy (non-hydrogen) atoms. The third-order valence-corrected chi connectivity index (χ3v) is 15.3. The van der Waals surface area contributed by atoms with Crippen LogP contribution in [-0.4, -0.2) is 125 Å². The van der Waals surface area contributed by atoms with E-state index in [1.165, 1.54) is 11.1 Å². The zero-order chi connectivity index (χ0) is 46.8. The van der Waals surface area contributed by atoms with Crippen LogP contribution in [0.2, 0.25) is 0 Å². The van der Waals surface area contributed by atoms with Crippen molar-refractivity contribution in [3.05, 3.63) is 128 Å². The number of ether oxygens (including phenoxy) is 4. The van der Waals surface area contributed by atoms with Gasteiger partial charge in [-0.15, -0.1) is 0 Å². The molecular weight excluding hydrogens is 976 g/mol. The van der Waals surface area contributed by atoms with Crippen LogP contribution in [0.15, 0.2) is 106 Å². The van der Waals surface area contributed by atoms with Gasteiger partial charge in [0, 0.05) is 96.9 Å². The fourth-order valence-corrected chi connectivity index (χ4v) is 11.3. The molecule has 0 saturated carbocycles. The maximum Gasteiger partial charge on any atom is 0.229 e. The minimum atomic E-state index is -0.719. The minimum absolute atomic E-state index is 0.188. The van der Waals surface area contributed by atoms with Gasteiger partial charge in [-0.1, -0.05) is 68.3 Å². The molecule has 4 aromatic carbocycles. The number of amides is 2. The van der Waals surface area contributed by atoms with Gasteiger partial charge in [0.15, 0.2) is 0 Å². The van der Waals surface area contributed by atoms with E-state index in [9.17, 15) is 9.59 Å². The van der Waals surface area contributed by atoms with Crippen molar-refractivity contribution in [2.24, 2.45) is 0 Å². The number of carbonyl (C=O) groups excluding carboxylic acids is 2. The second kappa shape index (κ2) is 19.7. The molecule has 5 aliphatic heterocycles. The molecule has 2 N–H and O–H groups in total. The first kappa shape index (κ1) is 47.4. The van der Waals surface area contributed by atoms with Crippen molar-refractivity contribution in [1.82, 2.24) is 20.4 Å². The molecule has 2 unspecified atom stereocenters. The molecule has 1 fully saturated rings. The summed E-state index contributed by atoms with van der Waals surface area (Å²) in [5.41, 5.74) is 4.77. The number of anilines is 2. The van der Waals surface area contributed by atoms with Crippen LogP contribution >= 0.6 is 31.9 Å². The molecule has 0 radical (unpaired) electrons.